The maximum absolute atomic E-state index is 13.0. The van der Waals surface area contributed by atoms with Crippen LogP contribution in [-0.2, 0) is 0 Å². The van der Waals surface area contributed by atoms with Crippen molar-refractivity contribution in [2.45, 2.75) is 0 Å². The number of carbonyl (C=O) groups excluding carboxylic acids is 1. The molecule has 0 bridgehead atoms. The maximum atomic E-state index is 13.0. The number of aromatic carboxylic acids is 1. The lowest BCUT2D eigenvalue weighted by Gasteiger charge is -2.13. The Balaban J connectivity index is 2.02. The molecule has 2 aromatic carbocycles. The number of methoxy groups -OCH3 is 1. The van der Waals surface area contributed by atoms with E-state index in [0.29, 0.717) is 30.3 Å². The smallest absolute Gasteiger partial charge is 0.339 e. The molecule has 2 N–H and O–H groups in total. The maximum Gasteiger partial charge on any atom is 0.339 e. The highest BCUT2D eigenvalue weighted by atomic mass is 127. The van der Waals surface area contributed by atoms with Gasteiger partial charge in [-0.1, -0.05) is 12.1 Å². The normalized spacial score (nSPS) is 10.7. The first-order valence-corrected chi connectivity index (χ1v) is 12.2. The number of hydrogen-bond donors (Lipinski definition) is 2. The number of amides is 1. The lowest BCUT2D eigenvalue weighted by atomic mass is 10.0. The van der Waals surface area contributed by atoms with Crippen molar-refractivity contribution in [3.63, 3.8) is 0 Å². The molecule has 0 spiro atoms. The molecule has 3 rings (SSSR count). The molecule has 1 heterocycles. The first kappa shape index (κ1) is 22.7. The van der Waals surface area contributed by atoms with Gasteiger partial charge in [0.2, 0.25) is 0 Å². The number of benzene rings is 2. The summed E-state index contributed by atoms with van der Waals surface area (Å²) in [5, 5.41) is 14.5. The van der Waals surface area contributed by atoms with Gasteiger partial charge in [-0.05, 0) is 94.1 Å². The molecule has 150 valence electrons. The van der Waals surface area contributed by atoms with Gasteiger partial charge in [0.25, 0.3) is 5.91 Å². The van der Waals surface area contributed by atoms with Gasteiger partial charge in [0.1, 0.15) is 16.3 Å². The van der Waals surface area contributed by atoms with Crippen LogP contribution in [0, 0.1) is 3.57 Å². The number of rotatable bonds is 5. The fourth-order valence-electron chi connectivity index (χ4n) is 2.64. The van der Waals surface area contributed by atoms with Crippen molar-refractivity contribution in [3.05, 3.63) is 63.8 Å². The van der Waals surface area contributed by atoms with Gasteiger partial charge < -0.3 is 15.2 Å². The predicted octanol–water partition coefficient (Wildman–Crippen LogP) is 7.27. The second-order valence-corrected chi connectivity index (χ2v) is 10.3. The van der Waals surface area contributed by atoms with E-state index in [-0.39, 0.29) is 10.6 Å². The standard InChI is InChI=1S/C19H11Br3INO4S/c1-28-16-12(21)6-11(20)14(15(16)22)17(25)24-18-13(19(26)27)10(7-29-18)8-2-4-9(23)5-3-8/h2-7H,1H3,(H,24,25)(H,26,27). The number of nitrogens with one attached hydrogen (secondary N) is 1. The number of carbonyl (C=O) groups is 2. The molecule has 0 aliphatic carbocycles. The van der Waals surface area contributed by atoms with E-state index >= 15 is 0 Å². The third-order valence-electron chi connectivity index (χ3n) is 3.95. The number of hydrogen-bond acceptors (Lipinski definition) is 4. The Hall–Kier alpha value is -0.950. The number of carboxylic acid groups (broad SMARTS) is 1. The summed E-state index contributed by atoms with van der Waals surface area (Å²) >= 11 is 13.5. The second-order valence-electron chi connectivity index (χ2n) is 5.68. The predicted molar refractivity (Wildman–Crippen MR) is 133 cm³/mol. The first-order valence-electron chi connectivity index (χ1n) is 7.88. The molecule has 0 radical (unpaired) electrons. The van der Waals surface area contributed by atoms with E-state index in [2.05, 4.69) is 75.7 Å². The molecule has 3 aromatic rings. The molecule has 0 saturated carbocycles. The molecule has 0 unspecified atom stereocenters. The van der Waals surface area contributed by atoms with E-state index in [4.69, 9.17) is 4.74 Å². The highest BCUT2D eigenvalue weighted by Gasteiger charge is 2.25. The number of carboxylic acids is 1. The Kier molecular flexibility index (Phi) is 7.41. The van der Waals surface area contributed by atoms with Crippen LogP contribution in [-0.4, -0.2) is 24.1 Å². The van der Waals surface area contributed by atoms with Crippen LogP contribution >= 0.6 is 81.7 Å². The van der Waals surface area contributed by atoms with Crippen molar-refractivity contribution in [1.29, 1.82) is 0 Å². The molecule has 0 aliphatic heterocycles. The summed E-state index contributed by atoms with van der Waals surface area (Å²) in [6.45, 7) is 0. The zero-order chi connectivity index (χ0) is 21.3. The van der Waals surface area contributed by atoms with Crippen molar-refractivity contribution in [3.8, 4) is 16.9 Å². The van der Waals surface area contributed by atoms with Crippen LogP contribution in [0.15, 0.2) is 49.1 Å². The van der Waals surface area contributed by atoms with E-state index < -0.39 is 11.9 Å². The van der Waals surface area contributed by atoms with Crippen LogP contribution < -0.4 is 10.1 Å². The summed E-state index contributed by atoms with van der Waals surface area (Å²) in [5.41, 5.74) is 1.68. The van der Waals surface area contributed by atoms with Crippen LogP contribution in [0.4, 0.5) is 5.00 Å². The van der Waals surface area contributed by atoms with Crippen molar-refractivity contribution in [1.82, 2.24) is 0 Å². The van der Waals surface area contributed by atoms with Gasteiger partial charge in [-0.3, -0.25) is 4.79 Å². The Bertz CT molecular complexity index is 1120. The summed E-state index contributed by atoms with van der Waals surface area (Å²) in [5.74, 6) is -1.11. The Labute approximate surface area is 209 Å². The summed E-state index contributed by atoms with van der Waals surface area (Å²) in [6.07, 6.45) is 0. The third kappa shape index (κ3) is 4.71. The average molecular weight is 716 g/mol. The van der Waals surface area contributed by atoms with Crippen LogP contribution in [0.5, 0.6) is 5.75 Å². The van der Waals surface area contributed by atoms with Crippen molar-refractivity contribution in [2.75, 3.05) is 12.4 Å². The third-order valence-corrected chi connectivity index (χ3v) is 7.53. The molecule has 1 aromatic heterocycles. The van der Waals surface area contributed by atoms with E-state index in [1.54, 1.807) is 11.4 Å². The minimum Gasteiger partial charge on any atom is -0.494 e. The molecule has 1 amide bonds. The Morgan fingerprint density at radius 2 is 1.76 bits per heavy atom. The van der Waals surface area contributed by atoms with E-state index in [9.17, 15) is 14.7 Å². The highest BCUT2D eigenvalue weighted by Crippen LogP contribution is 2.41. The molecule has 0 fully saturated rings. The quantitative estimate of drug-likeness (QED) is 0.273. The minimum atomic E-state index is -1.11. The molecule has 0 saturated heterocycles. The number of ether oxygens (including phenoxy) is 1. The van der Waals surface area contributed by atoms with Gasteiger partial charge in [0, 0.05) is 19.0 Å². The Morgan fingerprint density at radius 3 is 2.34 bits per heavy atom. The van der Waals surface area contributed by atoms with Gasteiger partial charge in [-0.15, -0.1) is 11.3 Å². The van der Waals surface area contributed by atoms with E-state index in [1.807, 2.05) is 24.3 Å². The highest BCUT2D eigenvalue weighted by molar-refractivity contribution is 14.1. The molecule has 0 aliphatic rings. The lowest BCUT2D eigenvalue weighted by molar-refractivity contribution is 0.0699. The molecule has 29 heavy (non-hydrogen) atoms. The van der Waals surface area contributed by atoms with Crippen LogP contribution in [0.2, 0.25) is 0 Å². The summed E-state index contributed by atoms with van der Waals surface area (Å²) in [6, 6.07) is 9.21. The minimum absolute atomic E-state index is 0.0564. The largest absolute Gasteiger partial charge is 0.494 e. The fourth-order valence-corrected chi connectivity index (χ4v) is 6.76. The van der Waals surface area contributed by atoms with E-state index in [1.165, 1.54) is 18.4 Å². The number of halogens is 4. The number of anilines is 1. The van der Waals surface area contributed by atoms with Crippen LogP contribution in [0.3, 0.4) is 0 Å². The second kappa shape index (κ2) is 9.46. The Morgan fingerprint density at radius 1 is 1.10 bits per heavy atom. The number of thiophene rings is 1. The van der Waals surface area contributed by atoms with Gasteiger partial charge in [0.05, 0.1) is 21.6 Å². The molecule has 0 atom stereocenters. The summed E-state index contributed by atoms with van der Waals surface area (Å²) < 4.78 is 8.01. The van der Waals surface area contributed by atoms with Crippen molar-refractivity contribution in [2.24, 2.45) is 0 Å². The van der Waals surface area contributed by atoms with Gasteiger partial charge in [-0.25, -0.2) is 4.79 Å². The van der Waals surface area contributed by atoms with Gasteiger partial charge in [-0.2, -0.15) is 0 Å². The molecular formula is C19H11Br3INO4S. The molecular weight excluding hydrogens is 705 g/mol. The average Bonchev–Trinajstić information content (AvgIpc) is 3.06. The fraction of sp³-hybridized carbons (Fsp3) is 0.0526. The summed E-state index contributed by atoms with van der Waals surface area (Å²) in [4.78, 5) is 24.9. The van der Waals surface area contributed by atoms with E-state index in [0.717, 1.165) is 9.13 Å². The lowest BCUT2D eigenvalue weighted by Crippen LogP contribution is -2.15. The van der Waals surface area contributed by atoms with Crippen LogP contribution in [0.25, 0.3) is 11.1 Å². The monoisotopic (exact) mass is 713 g/mol. The van der Waals surface area contributed by atoms with Crippen LogP contribution in [0.1, 0.15) is 20.7 Å². The first-order chi connectivity index (χ1) is 13.7. The zero-order valence-corrected chi connectivity index (χ0v) is 22.3. The van der Waals surface area contributed by atoms with Crippen molar-refractivity contribution >= 4 is 98.6 Å². The van der Waals surface area contributed by atoms with Gasteiger partial charge in [0.15, 0.2) is 0 Å². The topological polar surface area (TPSA) is 75.6 Å². The SMILES string of the molecule is COc1c(Br)cc(Br)c(C(=O)Nc2scc(-c3ccc(I)cc3)c2C(=O)O)c1Br. The molecule has 5 nitrogen and oxygen atoms in total. The van der Waals surface area contributed by atoms with Gasteiger partial charge >= 0.3 is 5.97 Å². The van der Waals surface area contributed by atoms with Crippen molar-refractivity contribution < 1.29 is 19.4 Å². The zero-order valence-electron chi connectivity index (χ0n) is 14.6. The summed E-state index contributed by atoms with van der Waals surface area (Å²) in [7, 11) is 1.50. The molecule has 10 heteroatoms.